The molecule has 1 heteroatoms. The first-order valence-electron chi connectivity index (χ1n) is 4.83. The molecule has 0 aromatic heterocycles. The maximum Gasteiger partial charge on any atom is 0.143 e. The van der Waals surface area contributed by atoms with Crippen LogP contribution in [0.3, 0.4) is 0 Å². The van der Waals surface area contributed by atoms with Crippen molar-refractivity contribution in [2.24, 2.45) is 0 Å². The van der Waals surface area contributed by atoms with Crippen molar-refractivity contribution < 1.29 is 4.74 Å². The summed E-state index contributed by atoms with van der Waals surface area (Å²) in [6.45, 7) is 0. The molecular formula is C14H12O. The van der Waals surface area contributed by atoms with Crippen molar-refractivity contribution in [3.05, 3.63) is 48.0 Å². The molecule has 15 heavy (non-hydrogen) atoms. The van der Waals surface area contributed by atoms with Gasteiger partial charge in [0, 0.05) is 12.7 Å². The first-order valence-corrected chi connectivity index (χ1v) is 4.83. The Labute approximate surface area is 89.7 Å². The molecule has 2 aromatic rings. The van der Waals surface area contributed by atoms with Gasteiger partial charge < -0.3 is 4.74 Å². The van der Waals surface area contributed by atoms with Crippen LogP contribution >= 0.6 is 0 Å². The molecule has 74 valence electrons. The van der Waals surface area contributed by atoms with Crippen LogP contribution in [0, 0.1) is 12.3 Å². The van der Waals surface area contributed by atoms with Crippen LogP contribution in [-0.4, -0.2) is 7.11 Å². The first kappa shape index (κ1) is 9.76. The van der Waals surface area contributed by atoms with E-state index in [1.54, 1.807) is 7.11 Å². The van der Waals surface area contributed by atoms with E-state index in [1.807, 2.05) is 24.3 Å². The molecule has 0 radical (unpaired) electrons. The second-order valence-corrected chi connectivity index (χ2v) is 3.35. The van der Waals surface area contributed by atoms with Gasteiger partial charge in [-0.25, -0.2) is 0 Å². The SMILES string of the molecule is C#CC(OC)c1cccc2ccccc12. The molecule has 1 nitrogen and oxygen atoms in total. The second-order valence-electron chi connectivity index (χ2n) is 3.35. The quantitative estimate of drug-likeness (QED) is 0.670. The van der Waals surface area contributed by atoms with E-state index in [2.05, 4.69) is 24.1 Å². The first-order chi connectivity index (χ1) is 7.36. The zero-order valence-electron chi connectivity index (χ0n) is 8.60. The maximum atomic E-state index is 5.43. The standard InChI is InChI=1S/C14H12O/c1-3-14(15-2)13-10-6-8-11-7-4-5-9-12(11)13/h1,4-10,14H,2H3. The minimum Gasteiger partial charge on any atom is -0.364 e. The van der Waals surface area contributed by atoms with Crippen LogP contribution in [-0.2, 0) is 4.74 Å². The number of ether oxygens (including phenoxy) is 1. The van der Waals surface area contributed by atoms with E-state index in [0.717, 1.165) is 10.9 Å². The summed E-state index contributed by atoms with van der Waals surface area (Å²) < 4.78 is 5.26. The molecule has 0 saturated heterocycles. The summed E-state index contributed by atoms with van der Waals surface area (Å²) in [5, 5.41) is 2.34. The van der Waals surface area contributed by atoms with Crippen molar-refractivity contribution >= 4 is 10.8 Å². The van der Waals surface area contributed by atoms with Crippen molar-refractivity contribution in [2.45, 2.75) is 6.10 Å². The number of rotatable bonds is 2. The van der Waals surface area contributed by atoms with Gasteiger partial charge in [-0.15, -0.1) is 6.42 Å². The molecule has 0 heterocycles. The molecule has 0 amide bonds. The highest BCUT2D eigenvalue weighted by Gasteiger charge is 2.09. The number of hydrogen-bond acceptors (Lipinski definition) is 1. The average molecular weight is 196 g/mol. The molecule has 0 bridgehead atoms. The molecule has 0 aliphatic heterocycles. The number of methoxy groups -OCH3 is 1. The molecule has 0 spiro atoms. The van der Waals surface area contributed by atoms with Crippen LogP contribution in [0.2, 0.25) is 0 Å². The van der Waals surface area contributed by atoms with E-state index >= 15 is 0 Å². The van der Waals surface area contributed by atoms with E-state index in [9.17, 15) is 0 Å². The van der Waals surface area contributed by atoms with Gasteiger partial charge in [-0.05, 0) is 10.8 Å². The van der Waals surface area contributed by atoms with Crippen LogP contribution in [0.4, 0.5) is 0 Å². The van der Waals surface area contributed by atoms with Crippen LogP contribution in [0.25, 0.3) is 10.8 Å². The Morgan fingerprint density at radius 3 is 2.60 bits per heavy atom. The third kappa shape index (κ3) is 1.72. The van der Waals surface area contributed by atoms with Gasteiger partial charge in [0.25, 0.3) is 0 Å². The molecule has 0 aliphatic carbocycles. The number of terminal acetylenes is 1. The molecule has 0 N–H and O–H groups in total. The normalized spacial score (nSPS) is 12.3. The largest absolute Gasteiger partial charge is 0.364 e. The van der Waals surface area contributed by atoms with Crippen LogP contribution < -0.4 is 0 Å². The fourth-order valence-electron chi connectivity index (χ4n) is 1.76. The maximum absolute atomic E-state index is 5.43. The van der Waals surface area contributed by atoms with Crippen LogP contribution in [0.1, 0.15) is 11.7 Å². The van der Waals surface area contributed by atoms with Crippen molar-refractivity contribution in [1.29, 1.82) is 0 Å². The third-order valence-electron chi connectivity index (χ3n) is 2.49. The van der Waals surface area contributed by atoms with E-state index < -0.39 is 0 Å². The summed E-state index contributed by atoms with van der Waals surface area (Å²) in [6.07, 6.45) is 5.16. The van der Waals surface area contributed by atoms with Gasteiger partial charge in [-0.3, -0.25) is 0 Å². The minimum atomic E-state index is -0.268. The predicted octanol–water partition coefficient (Wildman–Crippen LogP) is 3.16. The average Bonchev–Trinajstić information content (AvgIpc) is 2.31. The lowest BCUT2D eigenvalue weighted by atomic mass is 10.0. The Bertz CT molecular complexity index is 503. The number of benzene rings is 2. The van der Waals surface area contributed by atoms with Gasteiger partial charge in [0.1, 0.15) is 6.10 Å². The van der Waals surface area contributed by atoms with Gasteiger partial charge in [-0.1, -0.05) is 48.4 Å². The highest BCUT2D eigenvalue weighted by Crippen LogP contribution is 2.25. The summed E-state index contributed by atoms with van der Waals surface area (Å²) in [5.74, 6) is 2.64. The minimum absolute atomic E-state index is 0.268. The highest BCUT2D eigenvalue weighted by atomic mass is 16.5. The van der Waals surface area contributed by atoms with Crippen molar-refractivity contribution in [3.8, 4) is 12.3 Å². The smallest absolute Gasteiger partial charge is 0.143 e. The summed E-state index contributed by atoms with van der Waals surface area (Å²) in [4.78, 5) is 0. The van der Waals surface area contributed by atoms with Crippen molar-refractivity contribution in [2.75, 3.05) is 7.11 Å². The Hall–Kier alpha value is -1.78. The predicted molar refractivity (Wildman–Crippen MR) is 62.5 cm³/mol. The summed E-state index contributed by atoms with van der Waals surface area (Å²) in [7, 11) is 1.63. The zero-order chi connectivity index (χ0) is 10.7. The summed E-state index contributed by atoms with van der Waals surface area (Å²) >= 11 is 0. The molecule has 0 fully saturated rings. The number of hydrogen-bond donors (Lipinski definition) is 0. The molecule has 1 unspecified atom stereocenters. The second kappa shape index (κ2) is 4.16. The molecule has 2 rings (SSSR count). The van der Waals surface area contributed by atoms with Gasteiger partial charge >= 0.3 is 0 Å². The monoisotopic (exact) mass is 196 g/mol. The third-order valence-corrected chi connectivity index (χ3v) is 2.49. The van der Waals surface area contributed by atoms with Crippen molar-refractivity contribution in [1.82, 2.24) is 0 Å². The lowest BCUT2D eigenvalue weighted by Crippen LogP contribution is -1.98. The zero-order valence-corrected chi connectivity index (χ0v) is 8.60. The van der Waals surface area contributed by atoms with Crippen LogP contribution in [0.5, 0.6) is 0 Å². The van der Waals surface area contributed by atoms with Crippen molar-refractivity contribution in [3.63, 3.8) is 0 Å². The summed E-state index contributed by atoms with van der Waals surface area (Å²) in [5.41, 5.74) is 1.05. The van der Waals surface area contributed by atoms with E-state index in [-0.39, 0.29) is 6.10 Å². The lowest BCUT2D eigenvalue weighted by Gasteiger charge is -2.11. The highest BCUT2D eigenvalue weighted by molar-refractivity contribution is 5.86. The topological polar surface area (TPSA) is 9.23 Å². The van der Waals surface area contributed by atoms with Gasteiger partial charge in [-0.2, -0.15) is 0 Å². The van der Waals surface area contributed by atoms with E-state index in [1.165, 1.54) is 5.39 Å². The Balaban J connectivity index is 2.66. The van der Waals surface area contributed by atoms with Gasteiger partial charge in [0.05, 0.1) is 0 Å². The van der Waals surface area contributed by atoms with Gasteiger partial charge in [0.2, 0.25) is 0 Å². The fourth-order valence-corrected chi connectivity index (χ4v) is 1.76. The molecular weight excluding hydrogens is 184 g/mol. The molecule has 0 saturated carbocycles. The van der Waals surface area contributed by atoms with Crippen LogP contribution in [0.15, 0.2) is 42.5 Å². The Morgan fingerprint density at radius 2 is 1.87 bits per heavy atom. The molecule has 2 aromatic carbocycles. The Morgan fingerprint density at radius 1 is 1.13 bits per heavy atom. The molecule has 0 aliphatic rings. The summed E-state index contributed by atoms with van der Waals surface area (Å²) in [6, 6.07) is 14.2. The number of fused-ring (bicyclic) bond motifs is 1. The molecule has 1 atom stereocenters. The Kier molecular flexibility index (Phi) is 2.71. The lowest BCUT2D eigenvalue weighted by molar-refractivity contribution is 0.151. The van der Waals surface area contributed by atoms with E-state index in [4.69, 9.17) is 11.2 Å². The van der Waals surface area contributed by atoms with E-state index in [0.29, 0.717) is 0 Å². The van der Waals surface area contributed by atoms with Gasteiger partial charge in [0.15, 0.2) is 0 Å². The fraction of sp³-hybridized carbons (Fsp3) is 0.143.